The van der Waals surface area contributed by atoms with Crippen LogP contribution in [0.15, 0.2) is 48.5 Å². The number of methoxy groups -OCH3 is 2. The van der Waals surface area contributed by atoms with Crippen molar-refractivity contribution in [3.05, 3.63) is 59.7 Å². The van der Waals surface area contributed by atoms with E-state index in [0.29, 0.717) is 13.2 Å². The summed E-state index contributed by atoms with van der Waals surface area (Å²) < 4.78 is 21.0. The minimum Gasteiger partial charge on any atom is -0.497 e. The fourth-order valence-corrected chi connectivity index (χ4v) is 3.15. The van der Waals surface area contributed by atoms with E-state index in [4.69, 9.17) is 18.9 Å². The predicted octanol–water partition coefficient (Wildman–Crippen LogP) is 4.63. The molecule has 0 bridgehead atoms. The first kappa shape index (κ1) is 25.2. The Bertz CT molecular complexity index is 757. The van der Waals surface area contributed by atoms with Crippen LogP contribution >= 0.6 is 0 Å². The van der Waals surface area contributed by atoms with Gasteiger partial charge in [-0.2, -0.15) is 0 Å². The Morgan fingerprint density at radius 1 is 0.656 bits per heavy atom. The second-order valence-corrected chi connectivity index (χ2v) is 7.82. The van der Waals surface area contributed by atoms with E-state index >= 15 is 0 Å². The lowest BCUT2D eigenvalue weighted by atomic mass is 9.96. The molecule has 0 aliphatic rings. The largest absolute Gasteiger partial charge is 0.497 e. The molecule has 2 aromatic carbocycles. The highest BCUT2D eigenvalue weighted by Gasteiger charge is 2.28. The molecule has 32 heavy (non-hydrogen) atoms. The summed E-state index contributed by atoms with van der Waals surface area (Å²) in [5, 5.41) is 0. The molecule has 2 atom stereocenters. The number of rotatable bonds is 13. The van der Waals surface area contributed by atoms with E-state index in [0.717, 1.165) is 48.3 Å². The summed E-state index contributed by atoms with van der Waals surface area (Å²) in [6.45, 7) is 4.04. The average molecular weight is 443 g/mol. The molecule has 6 nitrogen and oxygen atoms in total. The third-order valence-corrected chi connectivity index (χ3v) is 5.52. The van der Waals surface area contributed by atoms with E-state index in [-0.39, 0.29) is 11.9 Å². The van der Waals surface area contributed by atoms with Gasteiger partial charge >= 0.3 is 11.9 Å². The quantitative estimate of drug-likeness (QED) is 0.333. The molecule has 0 amide bonds. The van der Waals surface area contributed by atoms with E-state index < -0.39 is 11.8 Å². The van der Waals surface area contributed by atoms with Crippen LogP contribution in [-0.4, -0.2) is 39.4 Å². The first-order chi connectivity index (χ1) is 15.4. The monoisotopic (exact) mass is 442 g/mol. The molecule has 0 saturated heterocycles. The van der Waals surface area contributed by atoms with Gasteiger partial charge in [-0.3, -0.25) is 9.59 Å². The lowest BCUT2D eigenvalue weighted by Gasteiger charge is -2.17. The van der Waals surface area contributed by atoms with E-state index in [1.165, 1.54) is 0 Å². The standard InChI is InChI=1S/C26H34O6/c1-19(25(27)31-17-5-7-21-9-13-23(29-3)14-10-21)20(2)26(28)32-18-6-8-22-11-15-24(30-4)16-12-22/h9-16,19-20H,5-8,17-18H2,1-4H3/t19-,20+. The molecule has 0 spiro atoms. The molecule has 2 aromatic rings. The minimum atomic E-state index is -0.551. The Morgan fingerprint density at radius 3 is 1.31 bits per heavy atom. The van der Waals surface area contributed by atoms with Crippen LogP contribution in [0.5, 0.6) is 11.5 Å². The summed E-state index contributed by atoms with van der Waals surface area (Å²) in [6.07, 6.45) is 3.04. The molecule has 6 heteroatoms. The highest BCUT2D eigenvalue weighted by Crippen LogP contribution is 2.17. The number of carbonyl (C=O) groups excluding carboxylic acids is 2. The van der Waals surface area contributed by atoms with Crippen molar-refractivity contribution in [3.8, 4) is 11.5 Å². The number of hydrogen-bond acceptors (Lipinski definition) is 6. The Balaban J connectivity index is 1.63. The number of carbonyl (C=O) groups is 2. The molecule has 0 heterocycles. The van der Waals surface area contributed by atoms with Gasteiger partial charge in [0.15, 0.2) is 0 Å². The second-order valence-electron chi connectivity index (χ2n) is 7.82. The molecule has 0 aliphatic heterocycles. The zero-order valence-electron chi connectivity index (χ0n) is 19.5. The van der Waals surface area contributed by atoms with Gasteiger partial charge < -0.3 is 18.9 Å². The molecule has 0 saturated carbocycles. The first-order valence-electron chi connectivity index (χ1n) is 11.0. The van der Waals surface area contributed by atoms with E-state index in [1.54, 1.807) is 28.1 Å². The first-order valence-corrected chi connectivity index (χ1v) is 11.0. The second kappa shape index (κ2) is 13.4. The van der Waals surface area contributed by atoms with Crippen molar-refractivity contribution in [1.29, 1.82) is 0 Å². The van der Waals surface area contributed by atoms with Crippen LogP contribution in [0.2, 0.25) is 0 Å². The zero-order valence-corrected chi connectivity index (χ0v) is 19.5. The van der Waals surface area contributed by atoms with Crippen molar-refractivity contribution in [2.75, 3.05) is 27.4 Å². The number of esters is 2. The van der Waals surface area contributed by atoms with Crippen molar-refractivity contribution in [3.63, 3.8) is 0 Å². The maximum Gasteiger partial charge on any atom is 0.309 e. The zero-order chi connectivity index (χ0) is 23.3. The highest BCUT2D eigenvalue weighted by atomic mass is 16.5. The van der Waals surface area contributed by atoms with Crippen LogP contribution in [-0.2, 0) is 31.9 Å². The van der Waals surface area contributed by atoms with Gasteiger partial charge in [0.05, 0.1) is 39.3 Å². The Hall–Kier alpha value is -3.02. The third kappa shape index (κ3) is 8.25. The Morgan fingerprint density at radius 2 is 1.00 bits per heavy atom. The van der Waals surface area contributed by atoms with Crippen molar-refractivity contribution in [1.82, 2.24) is 0 Å². The normalized spacial score (nSPS) is 12.5. The Labute approximate surface area is 190 Å². The highest BCUT2D eigenvalue weighted by molar-refractivity contribution is 5.81. The van der Waals surface area contributed by atoms with Crippen LogP contribution < -0.4 is 9.47 Å². The van der Waals surface area contributed by atoms with E-state index in [1.807, 2.05) is 48.5 Å². The number of benzene rings is 2. The fraction of sp³-hybridized carbons (Fsp3) is 0.462. The summed E-state index contributed by atoms with van der Waals surface area (Å²) in [5.74, 6) is -0.216. The maximum absolute atomic E-state index is 12.3. The summed E-state index contributed by atoms with van der Waals surface area (Å²) in [7, 11) is 3.27. The van der Waals surface area contributed by atoms with Crippen LogP contribution in [0.3, 0.4) is 0 Å². The van der Waals surface area contributed by atoms with Gasteiger partial charge in [-0.1, -0.05) is 38.1 Å². The number of hydrogen-bond donors (Lipinski definition) is 0. The van der Waals surface area contributed by atoms with Crippen molar-refractivity contribution in [2.45, 2.75) is 39.5 Å². The summed E-state index contributed by atoms with van der Waals surface area (Å²) >= 11 is 0. The molecular weight excluding hydrogens is 408 g/mol. The summed E-state index contributed by atoms with van der Waals surface area (Å²) in [5.41, 5.74) is 2.31. The van der Waals surface area contributed by atoms with Gasteiger partial charge in [0.2, 0.25) is 0 Å². The predicted molar refractivity (Wildman–Crippen MR) is 123 cm³/mol. The smallest absolute Gasteiger partial charge is 0.309 e. The van der Waals surface area contributed by atoms with Crippen LogP contribution in [0.1, 0.15) is 37.8 Å². The van der Waals surface area contributed by atoms with Crippen LogP contribution in [0.25, 0.3) is 0 Å². The fourth-order valence-electron chi connectivity index (χ4n) is 3.15. The molecule has 0 aromatic heterocycles. The Kier molecular flexibility index (Phi) is 10.6. The molecule has 0 N–H and O–H groups in total. The lowest BCUT2D eigenvalue weighted by molar-refractivity contribution is -0.159. The molecule has 0 unspecified atom stereocenters. The van der Waals surface area contributed by atoms with Gasteiger partial charge in [0.25, 0.3) is 0 Å². The number of aryl methyl sites for hydroxylation is 2. The van der Waals surface area contributed by atoms with Crippen LogP contribution in [0, 0.1) is 11.8 Å². The van der Waals surface area contributed by atoms with Crippen molar-refractivity contribution >= 4 is 11.9 Å². The van der Waals surface area contributed by atoms with Gasteiger partial charge in [-0.05, 0) is 61.1 Å². The maximum atomic E-state index is 12.3. The van der Waals surface area contributed by atoms with Crippen molar-refractivity contribution < 1.29 is 28.5 Å². The van der Waals surface area contributed by atoms with Crippen molar-refractivity contribution in [2.24, 2.45) is 11.8 Å². The summed E-state index contributed by atoms with van der Waals surface area (Å²) in [6, 6.07) is 15.6. The molecular formula is C26H34O6. The van der Waals surface area contributed by atoms with Gasteiger partial charge in [-0.15, -0.1) is 0 Å². The lowest BCUT2D eigenvalue weighted by Crippen LogP contribution is -2.29. The van der Waals surface area contributed by atoms with E-state index in [9.17, 15) is 9.59 Å². The molecule has 0 radical (unpaired) electrons. The molecule has 0 aliphatic carbocycles. The minimum absolute atomic E-state index is 0.318. The average Bonchev–Trinajstić information content (AvgIpc) is 2.83. The summed E-state index contributed by atoms with van der Waals surface area (Å²) in [4.78, 5) is 24.6. The number of ether oxygens (including phenoxy) is 4. The molecule has 0 fully saturated rings. The topological polar surface area (TPSA) is 71.1 Å². The molecule has 2 rings (SSSR count). The third-order valence-electron chi connectivity index (χ3n) is 5.52. The van der Waals surface area contributed by atoms with E-state index in [2.05, 4.69) is 0 Å². The van der Waals surface area contributed by atoms with Crippen LogP contribution in [0.4, 0.5) is 0 Å². The molecule has 174 valence electrons. The van der Waals surface area contributed by atoms with Gasteiger partial charge in [-0.25, -0.2) is 0 Å². The van der Waals surface area contributed by atoms with Gasteiger partial charge in [0, 0.05) is 0 Å². The SMILES string of the molecule is COc1ccc(CCCOC(=O)[C@@H](C)[C@@H](C)C(=O)OCCCc2ccc(OC)cc2)cc1. The van der Waals surface area contributed by atoms with Gasteiger partial charge in [0.1, 0.15) is 11.5 Å².